The third-order valence-corrected chi connectivity index (χ3v) is 2.75. The fraction of sp³-hybridized carbons (Fsp3) is 0.222. The first kappa shape index (κ1) is 8.33. The molecule has 0 atom stereocenters. The summed E-state index contributed by atoms with van der Waals surface area (Å²) in [5.74, 6) is 0. The Hall–Kier alpha value is -0.771. The average molecular weight is 210 g/mol. The van der Waals surface area contributed by atoms with Crippen molar-refractivity contribution in [1.29, 1.82) is 5.26 Å². The van der Waals surface area contributed by atoms with Crippen LogP contribution >= 0.6 is 0 Å². The number of nitriles is 1. The molecule has 0 radical (unpaired) electrons. The number of rotatable bonds is 2. The molecule has 0 saturated heterocycles. The van der Waals surface area contributed by atoms with Crippen LogP contribution in [0.4, 0.5) is 0 Å². The number of aryl methyl sites for hydroxylation is 1. The van der Waals surface area contributed by atoms with Crippen LogP contribution in [0.5, 0.6) is 0 Å². The molecule has 56 valence electrons. The zero-order valence-electron chi connectivity index (χ0n) is 6.37. The van der Waals surface area contributed by atoms with E-state index in [0.717, 1.165) is 10.9 Å². The van der Waals surface area contributed by atoms with Gasteiger partial charge in [0.05, 0.1) is 0 Å². The monoisotopic (exact) mass is 211 g/mol. The maximum atomic E-state index is 8.42. The zero-order valence-corrected chi connectivity index (χ0v) is 8.09. The van der Waals surface area contributed by atoms with Crippen LogP contribution < -0.4 is 4.46 Å². The van der Waals surface area contributed by atoms with Crippen molar-refractivity contribution in [2.24, 2.45) is 0 Å². The van der Waals surface area contributed by atoms with Gasteiger partial charge in [-0.25, -0.2) is 0 Å². The normalized spacial score (nSPS) is 9.09. The molecule has 11 heavy (non-hydrogen) atoms. The van der Waals surface area contributed by atoms with Crippen LogP contribution in [-0.2, 0) is 6.42 Å². The molecular weight excluding hydrogens is 201 g/mol. The van der Waals surface area contributed by atoms with Gasteiger partial charge in [0.2, 0.25) is 0 Å². The van der Waals surface area contributed by atoms with E-state index in [1.807, 2.05) is 12.1 Å². The van der Waals surface area contributed by atoms with Gasteiger partial charge < -0.3 is 0 Å². The first-order valence-corrected chi connectivity index (χ1v) is 5.23. The molecule has 0 heterocycles. The molecule has 0 aliphatic rings. The van der Waals surface area contributed by atoms with Crippen molar-refractivity contribution in [1.82, 2.24) is 0 Å². The summed E-state index contributed by atoms with van der Waals surface area (Å²) in [6.07, 6.45) is 1.07. The molecule has 0 aromatic heterocycles. The Bertz CT molecular complexity index is 258. The van der Waals surface area contributed by atoms with Crippen molar-refractivity contribution in [3.8, 4) is 4.97 Å². The molecule has 0 aliphatic carbocycles. The van der Waals surface area contributed by atoms with E-state index < -0.39 is 0 Å². The molecule has 1 rings (SSSR count). The fourth-order valence-electron chi connectivity index (χ4n) is 0.846. The fourth-order valence-corrected chi connectivity index (χ4v) is 1.64. The van der Waals surface area contributed by atoms with E-state index in [1.54, 1.807) is 0 Å². The minimum atomic E-state index is 0.00622. The van der Waals surface area contributed by atoms with Crippen molar-refractivity contribution < 1.29 is 0 Å². The summed E-state index contributed by atoms with van der Waals surface area (Å²) in [6, 6.07) is 8.27. The average Bonchev–Trinajstić information content (AvgIpc) is 2.07. The molecule has 0 N–H and O–H groups in total. The third-order valence-electron chi connectivity index (χ3n) is 1.50. The Morgan fingerprint density at radius 1 is 1.36 bits per heavy atom. The second kappa shape index (κ2) is 4.18. The van der Waals surface area contributed by atoms with Gasteiger partial charge >= 0.3 is 72.8 Å². The van der Waals surface area contributed by atoms with Gasteiger partial charge in [-0.3, -0.25) is 0 Å². The molecule has 0 saturated carbocycles. The topological polar surface area (TPSA) is 23.8 Å². The Kier molecular flexibility index (Phi) is 3.16. The Morgan fingerprint density at radius 2 is 2.00 bits per heavy atom. The molecule has 0 fully saturated rings. The van der Waals surface area contributed by atoms with E-state index >= 15 is 0 Å². The van der Waals surface area contributed by atoms with Gasteiger partial charge in [-0.05, 0) is 0 Å². The van der Waals surface area contributed by atoms with E-state index in [2.05, 4.69) is 24.0 Å². The predicted octanol–water partition coefficient (Wildman–Crippen LogP) is 1.06. The standard InChI is InChI=1S/C9H9NSe/c1-2-8-3-5-9(6-4-8)11-7-10/h3-6H,2H2,1H3. The van der Waals surface area contributed by atoms with Crippen molar-refractivity contribution in [2.45, 2.75) is 13.3 Å². The van der Waals surface area contributed by atoms with E-state index in [0.29, 0.717) is 0 Å². The molecule has 1 aromatic carbocycles. The second-order valence-corrected chi connectivity index (χ2v) is 3.99. The predicted molar refractivity (Wildman–Crippen MR) is 46.8 cm³/mol. The van der Waals surface area contributed by atoms with Crippen LogP contribution in [0.1, 0.15) is 12.5 Å². The number of hydrogen-bond donors (Lipinski definition) is 0. The van der Waals surface area contributed by atoms with Gasteiger partial charge in [-0.15, -0.1) is 0 Å². The maximum absolute atomic E-state index is 8.42. The van der Waals surface area contributed by atoms with Crippen molar-refractivity contribution in [3.63, 3.8) is 0 Å². The quantitative estimate of drug-likeness (QED) is 0.669. The molecular formula is C9H9NSe. The van der Waals surface area contributed by atoms with Gasteiger partial charge in [0.25, 0.3) is 0 Å². The van der Waals surface area contributed by atoms with Crippen LogP contribution in [0.15, 0.2) is 24.3 Å². The zero-order chi connectivity index (χ0) is 8.10. The van der Waals surface area contributed by atoms with E-state index in [4.69, 9.17) is 5.26 Å². The summed E-state index contributed by atoms with van der Waals surface area (Å²) < 4.78 is 1.16. The first-order chi connectivity index (χ1) is 5.36. The molecule has 1 nitrogen and oxygen atoms in total. The molecule has 0 amide bonds. The third kappa shape index (κ3) is 2.38. The first-order valence-electron chi connectivity index (χ1n) is 3.51. The number of hydrogen-bond acceptors (Lipinski definition) is 1. The molecule has 0 bridgehead atoms. The van der Waals surface area contributed by atoms with Gasteiger partial charge in [0.1, 0.15) is 0 Å². The van der Waals surface area contributed by atoms with E-state index in [-0.39, 0.29) is 15.0 Å². The van der Waals surface area contributed by atoms with Crippen LogP contribution in [0.2, 0.25) is 0 Å². The SMILES string of the molecule is CCc1ccc([Se]C#N)cc1. The summed E-state index contributed by atoms with van der Waals surface area (Å²) >= 11 is 0.00622. The molecule has 0 unspecified atom stereocenters. The van der Waals surface area contributed by atoms with E-state index in [1.165, 1.54) is 5.56 Å². The van der Waals surface area contributed by atoms with Gasteiger partial charge in [0.15, 0.2) is 0 Å². The van der Waals surface area contributed by atoms with Crippen molar-refractivity contribution in [2.75, 3.05) is 0 Å². The Balaban J connectivity index is 2.76. The minimum absolute atomic E-state index is 0.00622. The summed E-state index contributed by atoms with van der Waals surface area (Å²) in [7, 11) is 0. The molecule has 1 aromatic rings. The summed E-state index contributed by atoms with van der Waals surface area (Å²) in [6.45, 7) is 2.13. The number of benzene rings is 1. The van der Waals surface area contributed by atoms with Gasteiger partial charge in [-0.1, -0.05) is 0 Å². The summed E-state index contributed by atoms with van der Waals surface area (Å²) in [5.41, 5.74) is 1.34. The molecule has 0 spiro atoms. The Morgan fingerprint density at radius 3 is 2.45 bits per heavy atom. The Labute approximate surface area is 73.2 Å². The van der Waals surface area contributed by atoms with Crippen LogP contribution in [0, 0.1) is 10.2 Å². The van der Waals surface area contributed by atoms with E-state index in [9.17, 15) is 0 Å². The summed E-state index contributed by atoms with van der Waals surface area (Å²) in [4.78, 5) is 2.18. The molecule has 0 aliphatic heterocycles. The van der Waals surface area contributed by atoms with Crippen LogP contribution in [0.3, 0.4) is 0 Å². The number of nitrogens with zero attached hydrogens (tertiary/aromatic N) is 1. The second-order valence-electron chi connectivity index (χ2n) is 2.19. The molecule has 2 heteroatoms. The van der Waals surface area contributed by atoms with Crippen molar-refractivity contribution >= 4 is 19.4 Å². The van der Waals surface area contributed by atoms with Gasteiger partial charge in [0, 0.05) is 0 Å². The van der Waals surface area contributed by atoms with Gasteiger partial charge in [-0.2, -0.15) is 0 Å². The summed E-state index contributed by atoms with van der Waals surface area (Å²) in [5, 5.41) is 8.42. The van der Waals surface area contributed by atoms with Crippen LogP contribution in [0.25, 0.3) is 0 Å². The van der Waals surface area contributed by atoms with Crippen LogP contribution in [-0.4, -0.2) is 15.0 Å². The van der Waals surface area contributed by atoms with Crippen molar-refractivity contribution in [3.05, 3.63) is 29.8 Å².